The van der Waals surface area contributed by atoms with Crippen molar-refractivity contribution in [3.63, 3.8) is 0 Å². The summed E-state index contributed by atoms with van der Waals surface area (Å²) in [5.74, 6) is 0.695. The molecule has 0 aromatic rings. The zero-order chi connectivity index (χ0) is 8.43. The molecule has 0 spiro atoms. The largest absolute Gasteiger partial charge is 0.598 e. The highest BCUT2D eigenvalue weighted by Gasteiger charge is 2.21. The van der Waals surface area contributed by atoms with E-state index in [1.807, 2.05) is 6.92 Å². The van der Waals surface area contributed by atoms with Gasteiger partial charge in [0.25, 0.3) is 0 Å². The molecule has 1 saturated carbocycles. The normalized spacial score (nSPS) is 33.1. The van der Waals surface area contributed by atoms with E-state index < -0.39 is 11.4 Å². The highest BCUT2D eigenvalue weighted by atomic mass is 32.2. The SMILES string of the molecule is CC1CCC1=CC(C)[S+](N)[O-]. The van der Waals surface area contributed by atoms with Gasteiger partial charge in [-0.15, -0.1) is 0 Å². The third-order valence-electron chi connectivity index (χ3n) is 2.31. The fourth-order valence-electron chi connectivity index (χ4n) is 1.22. The summed E-state index contributed by atoms with van der Waals surface area (Å²) < 4.78 is 10.8. The average Bonchev–Trinajstić information content (AvgIpc) is 1.96. The summed E-state index contributed by atoms with van der Waals surface area (Å²) in [6.07, 6.45) is 4.50. The summed E-state index contributed by atoms with van der Waals surface area (Å²) in [7, 11) is 0. The number of nitrogens with two attached hydrogens (primary N) is 1. The third kappa shape index (κ3) is 2.22. The Morgan fingerprint density at radius 1 is 1.82 bits per heavy atom. The maximum Gasteiger partial charge on any atom is 0.150 e. The number of hydrogen-bond acceptors (Lipinski definition) is 2. The Balaban J connectivity index is 2.44. The molecular weight excluding hydrogens is 158 g/mol. The van der Waals surface area contributed by atoms with Crippen LogP contribution in [0.1, 0.15) is 26.7 Å². The lowest BCUT2D eigenvalue weighted by Gasteiger charge is -2.27. The van der Waals surface area contributed by atoms with Gasteiger partial charge in [-0.25, -0.2) is 0 Å². The maximum absolute atomic E-state index is 10.8. The average molecular weight is 173 g/mol. The van der Waals surface area contributed by atoms with Crippen LogP contribution in [0, 0.1) is 5.92 Å². The van der Waals surface area contributed by atoms with E-state index in [1.54, 1.807) is 0 Å². The molecule has 3 heteroatoms. The first-order valence-corrected chi connectivity index (χ1v) is 5.24. The lowest BCUT2D eigenvalue weighted by molar-refractivity contribution is 0.480. The first-order valence-electron chi connectivity index (χ1n) is 3.97. The lowest BCUT2D eigenvalue weighted by Crippen LogP contribution is -2.26. The Kier molecular flexibility index (Phi) is 2.98. The minimum Gasteiger partial charge on any atom is -0.598 e. The van der Waals surface area contributed by atoms with Gasteiger partial charge in [0, 0.05) is 11.4 Å². The molecule has 0 heterocycles. The van der Waals surface area contributed by atoms with Crippen molar-refractivity contribution in [2.24, 2.45) is 11.1 Å². The predicted molar refractivity (Wildman–Crippen MR) is 48.3 cm³/mol. The van der Waals surface area contributed by atoms with Crippen LogP contribution in [-0.2, 0) is 11.4 Å². The van der Waals surface area contributed by atoms with Crippen LogP contribution in [0.4, 0.5) is 0 Å². The van der Waals surface area contributed by atoms with Crippen molar-refractivity contribution in [1.82, 2.24) is 0 Å². The number of hydrogen-bond donors (Lipinski definition) is 1. The van der Waals surface area contributed by atoms with Crippen LogP contribution < -0.4 is 5.14 Å². The quantitative estimate of drug-likeness (QED) is 0.506. The molecule has 1 aliphatic carbocycles. The van der Waals surface area contributed by atoms with Crippen molar-refractivity contribution >= 4 is 11.4 Å². The second-order valence-electron chi connectivity index (χ2n) is 3.21. The molecule has 0 radical (unpaired) electrons. The van der Waals surface area contributed by atoms with E-state index in [0.717, 1.165) is 0 Å². The van der Waals surface area contributed by atoms with Gasteiger partial charge >= 0.3 is 0 Å². The predicted octanol–water partition coefficient (Wildman–Crippen LogP) is 1.35. The van der Waals surface area contributed by atoms with E-state index in [2.05, 4.69) is 13.0 Å². The Morgan fingerprint density at radius 2 is 2.45 bits per heavy atom. The van der Waals surface area contributed by atoms with Crippen molar-refractivity contribution in [3.8, 4) is 0 Å². The van der Waals surface area contributed by atoms with Gasteiger partial charge in [0.05, 0.1) is 0 Å². The topological polar surface area (TPSA) is 49.1 Å². The molecule has 1 rings (SSSR count). The Hall–Kier alpha value is 0.01000. The molecule has 2 nitrogen and oxygen atoms in total. The first-order chi connectivity index (χ1) is 5.11. The van der Waals surface area contributed by atoms with Crippen molar-refractivity contribution < 1.29 is 4.55 Å². The van der Waals surface area contributed by atoms with E-state index >= 15 is 0 Å². The highest BCUT2D eigenvalue weighted by Crippen LogP contribution is 2.33. The summed E-state index contributed by atoms with van der Waals surface area (Å²) in [6.45, 7) is 4.09. The van der Waals surface area contributed by atoms with E-state index in [1.165, 1.54) is 18.4 Å². The third-order valence-corrected chi connectivity index (χ3v) is 3.18. The standard InChI is InChI=1S/C8H15NOS/c1-6-3-4-8(6)5-7(2)11(9)10/h5-7H,3-4,9H2,1-2H3. The molecule has 0 aromatic carbocycles. The Labute approximate surface area is 71.2 Å². The van der Waals surface area contributed by atoms with Gasteiger partial charge in [0.15, 0.2) is 5.25 Å². The van der Waals surface area contributed by atoms with E-state index in [-0.39, 0.29) is 5.25 Å². The van der Waals surface area contributed by atoms with Crippen LogP contribution in [0.5, 0.6) is 0 Å². The fourth-order valence-corrected chi connectivity index (χ4v) is 1.52. The molecule has 3 atom stereocenters. The second kappa shape index (κ2) is 3.61. The molecule has 64 valence electrons. The summed E-state index contributed by atoms with van der Waals surface area (Å²) in [5.41, 5.74) is 1.43. The van der Waals surface area contributed by atoms with E-state index in [4.69, 9.17) is 5.14 Å². The van der Waals surface area contributed by atoms with Gasteiger partial charge < -0.3 is 4.55 Å². The molecule has 11 heavy (non-hydrogen) atoms. The molecule has 0 saturated heterocycles. The summed E-state index contributed by atoms with van der Waals surface area (Å²) in [6, 6.07) is 0. The van der Waals surface area contributed by atoms with Gasteiger partial charge in [-0.3, -0.25) is 0 Å². The van der Waals surface area contributed by atoms with Gasteiger partial charge in [-0.2, -0.15) is 5.14 Å². The minimum absolute atomic E-state index is 0.0211. The zero-order valence-corrected chi connectivity index (χ0v) is 7.86. The number of rotatable bonds is 2. The highest BCUT2D eigenvalue weighted by molar-refractivity contribution is 7.89. The van der Waals surface area contributed by atoms with Crippen molar-refractivity contribution in [1.29, 1.82) is 0 Å². The van der Waals surface area contributed by atoms with Crippen molar-refractivity contribution in [3.05, 3.63) is 11.6 Å². The first kappa shape index (κ1) is 9.10. The van der Waals surface area contributed by atoms with Crippen LogP contribution in [0.25, 0.3) is 0 Å². The van der Waals surface area contributed by atoms with Gasteiger partial charge in [0.2, 0.25) is 0 Å². The zero-order valence-electron chi connectivity index (χ0n) is 7.04. The van der Waals surface area contributed by atoms with Crippen LogP contribution >= 0.6 is 0 Å². The monoisotopic (exact) mass is 173 g/mol. The van der Waals surface area contributed by atoms with Crippen LogP contribution in [0.3, 0.4) is 0 Å². The van der Waals surface area contributed by atoms with Gasteiger partial charge in [-0.05, 0) is 31.8 Å². The summed E-state index contributed by atoms with van der Waals surface area (Å²) in [4.78, 5) is 0. The molecule has 1 aliphatic rings. The maximum atomic E-state index is 10.8. The van der Waals surface area contributed by atoms with Crippen molar-refractivity contribution in [2.75, 3.05) is 0 Å². The second-order valence-corrected chi connectivity index (χ2v) is 4.62. The van der Waals surface area contributed by atoms with Crippen LogP contribution in [-0.4, -0.2) is 9.80 Å². The van der Waals surface area contributed by atoms with E-state index in [0.29, 0.717) is 5.92 Å². The smallest absolute Gasteiger partial charge is 0.150 e. The van der Waals surface area contributed by atoms with E-state index in [9.17, 15) is 4.55 Å². The molecule has 3 unspecified atom stereocenters. The van der Waals surface area contributed by atoms with Gasteiger partial charge in [-0.1, -0.05) is 12.5 Å². The Morgan fingerprint density at radius 3 is 2.73 bits per heavy atom. The fraction of sp³-hybridized carbons (Fsp3) is 0.750. The molecule has 2 N–H and O–H groups in total. The number of allylic oxidation sites excluding steroid dienone is 1. The molecule has 0 bridgehead atoms. The molecule has 0 amide bonds. The molecular formula is C8H15NOS. The van der Waals surface area contributed by atoms with Gasteiger partial charge in [0.1, 0.15) is 0 Å². The summed E-state index contributed by atoms with van der Waals surface area (Å²) in [5, 5.41) is 5.26. The minimum atomic E-state index is -1.19. The molecule has 0 aromatic heterocycles. The summed E-state index contributed by atoms with van der Waals surface area (Å²) >= 11 is -1.19. The van der Waals surface area contributed by atoms with Crippen LogP contribution in [0.15, 0.2) is 11.6 Å². The van der Waals surface area contributed by atoms with Crippen molar-refractivity contribution in [2.45, 2.75) is 31.9 Å². The lowest BCUT2D eigenvalue weighted by atomic mass is 9.80. The molecule has 0 aliphatic heterocycles. The van der Waals surface area contributed by atoms with Crippen LogP contribution in [0.2, 0.25) is 0 Å². The Bertz CT molecular complexity index is 167. The molecule has 1 fully saturated rings.